The number of hydrogen-bond acceptors (Lipinski definition) is 4. The number of Topliss-reactive ketones (excluding diaryl/α,β-unsaturated/α-hetero) is 1. The maximum Gasteiger partial charge on any atom is 0.227 e. The van der Waals surface area contributed by atoms with Gasteiger partial charge in [0.15, 0.2) is 0 Å². The second-order valence-electron chi connectivity index (χ2n) is 8.98. The number of benzene rings is 2. The molecule has 2 N–H and O–H groups in total. The van der Waals surface area contributed by atoms with Crippen LogP contribution in [0.25, 0.3) is 10.9 Å². The summed E-state index contributed by atoms with van der Waals surface area (Å²) in [5.41, 5.74) is 1.39. The Morgan fingerprint density at radius 1 is 1.27 bits per heavy atom. The molecule has 33 heavy (non-hydrogen) atoms. The standard InChI is InChI=1S/C26H29FN2O4/c1-5-26(2,32)24-23(19-14-16(27)6-11-21(19)29(24)3)20-12-15(13-22(20)30)25(31)28-17-7-9-18(33-4)10-8-17/h6-11,14-15,20,32H,5,12-13H2,1-4H3,(H,28,31). The molecule has 6 nitrogen and oxygen atoms in total. The number of anilines is 1. The summed E-state index contributed by atoms with van der Waals surface area (Å²) >= 11 is 0. The van der Waals surface area contributed by atoms with Crippen LogP contribution >= 0.6 is 0 Å². The van der Waals surface area contributed by atoms with Crippen LogP contribution in [0.5, 0.6) is 5.75 Å². The Balaban J connectivity index is 1.68. The van der Waals surface area contributed by atoms with Crippen molar-refractivity contribution in [2.45, 2.75) is 44.6 Å². The van der Waals surface area contributed by atoms with E-state index in [1.54, 1.807) is 44.4 Å². The average Bonchev–Trinajstić information content (AvgIpc) is 3.31. The topological polar surface area (TPSA) is 80.6 Å². The van der Waals surface area contributed by atoms with E-state index in [0.29, 0.717) is 40.9 Å². The van der Waals surface area contributed by atoms with Crippen LogP contribution in [0, 0.1) is 11.7 Å². The third kappa shape index (κ3) is 4.13. The van der Waals surface area contributed by atoms with E-state index in [9.17, 15) is 19.1 Å². The maximum atomic E-state index is 14.2. The van der Waals surface area contributed by atoms with Crippen molar-refractivity contribution in [1.82, 2.24) is 4.57 Å². The second kappa shape index (κ2) is 8.63. The van der Waals surface area contributed by atoms with Crippen LogP contribution < -0.4 is 10.1 Å². The summed E-state index contributed by atoms with van der Waals surface area (Å²) in [5, 5.41) is 14.7. The van der Waals surface area contributed by atoms with Gasteiger partial charge in [-0.05, 0) is 67.8 Å². The number of nitrogens with one attached hydrogen (secondary N) is 1. The minimum Gasteiger partial charge on any atom is -0.497 e. The highest BCUT2D eigenvalue weighted by Crippen LogP contribution is 2.45. The SMILES string of the molecule is CCC(C)(O)c1c(C2CC(C(=O)Nc3ccc(OC)cc3)CC2=O)c2cc(F)ccc2n1C. The van der Waals surface area contributed by atoms with Gasteiger partial charge >= 0.3 is 0 Å². The van der Waals surface area contributed by atoms with Crippen LogP contribution in [0.1, 0.15) is 50.3 Å². The van der Waals surface area contributed by atoms with Crippen molar-refractivity contribution in [2.75, 3.05) is 12.4 Å². The lowest BCUT2D eigenvalue weighted by atomic mass is 9.86. The summed E-state index contributed by atoms with van der Waals surface area (Å²) in [6, 6.07) is 11.4. The fourth-order valence-corrected chi connectivity index (χ4v) is 4.90. The van der Waals surface area contributed by atoms with Gasteiger partial charge in [0.2, 0.25) is 5.91 Å². The smallest absolute Gasteiger partial charge is 0.227 e. The molecule has 3 atom stereocenters. The normalized spacial score (nSPS) is 20.1. The minimum atomic E-state index is -1.21. The predicted molar refractivity (Wildman–Crippen MR) is 125 cm³/mol. The van der Waals surface area contributed by atoms with Gasteiger partial charge in [-0.1, -0.05) is 6.92 Å². The van der Waals surface area contributed by atoms with E-state index in [0.717, 1.165) is 5.52 Å². The number of carbonyl (C=O) groups excluding carboxylic acids is 2. The Bertz CT molecular complexity index is 1210. The van der Waals surface area contributed by atoms with E-state index in [-0.39, 0.29) is 18.1 Å². The molecule has 0 bridgehead atoms. The van der Waals surface area contributed by atoms with Gasteiger partial charge in [-0.25, -0.2) is 4.39 Å². The van der Waals surface area contributed by atoms with Gasteiger partial charge in [0, 0.05) is 41.9 Å². The first-order valence-corrected chi connectivity index (χ1v) is 11.1. The molecule has 7 heteroatoms. The summed E-state index contributed by atoms with van der Waals surface area (Å²) in [5.74, 6) is -1.12. The molecule has 1 fully saturated rings. The molecule has 174 valence electrons. The van der Waals surface area contributed by atoms with Crippen molar-refractivity contribution in [1.29, 1.82) is 0 Å². The number of fused-ring (bicyclic) bond motifs is 1. The molecular weight excluding hydrogens is 423 g/mol. The monoisotopic (exact) mass is 452 g/mol. The van der Waals surface area contributed by atoms with Crippen LogP contribution in [-0.2, 0) is 22.2 Å². The Kier molecular flexibility index (Phi) is 6.01. The van der Waals surface area contributed by atoms with Crippen LogP contribution in [0.3, 0.4) is 0 Å². The lowest BCUT2D eigenvalue weighted by Crippen LogP contribution is -2.26. The summed E-state index contributed by atoms with van der Waals surface area (Å²) in [7, 11) is 3.39. The number of ether oxygens (including phenoxy) is 1. The number of carbonyl (C=O) groups is 2. The van der Waals surface area contributed by atoms with E-state index in [2.05, 4.69) is 5.32 Å². The van der Waals surface area contributed by atoms with Crippen molar-refractivity contribution in [3.63, 3.8) is 0 Å². The first kappa shape index (κ1) is 23.0. The number of rotatable bonds is 6. The highest BCUT2D eigenvalue weighted by Gasteiger charge is 2.42. The Hall–Kier alpha value is -3.19. The molecule has 2 aromatic carbocycles. The molecule has 1 heterocycles. The van der Waals surface area contributed by atoms with Gasteiger partial charge in [0.25, 0.3) is 0 Å². The number of amides is 1. The maximum absolute atomic E-state index is 14.2. The first-order valence-electron chi connectivity index (χ1n) is 11.1. The summed E-state index contributed by atoms with van der Waals surface area (Å²) in [4.78, 5) is 26.1. The molecule has 1 saturated carbocycles. The zero-order valence-electron chi connectivity index (χ0n) is 19.3. The lowest BCUT2D eigenvalue weighted by molar-refractivity contribution is -0.123. The molecule has 3 unspecified atom stereocenters. The number of aromatic nitrogens is 1. The predicted octanol–water partition coefficient (Wildman–Crippen LogP) is 4.64. The van der Waals surface area contributed by atoms with Crippen LogP contribution in [0.4, 0.5) is 10.1 Å². The van der Waals surface area contributed by atoms with E-state index < -0.39 is 23.3 Å². The van der Waals surface area contributed by atoms with Crippen molar-refractivity contribution < 1.29 is 23.8 Å². The highest BCUT2D eigenvalue weighted by atomic mass is 19.1. The lowest BCUT2D eigenvalue weighted by Gasteiger charge is -2.26. The van der Waals surface area contributed by atoms with E-state index in [4.69, 9.17) is 4.74 Å². The van der Waals surface area contributed by atoms with Gasteiger partial charge in [-0.3, -0.25) is 9.59 Å². The molecule has 1 amide bonds. The Morgan fingerprint density at radius 2 is 1.97 bits per heavy atom. The fraction of sp³-hybridized carbons (Fsp3) is 0.385. The summed E-state index contributed by atoms with van der Waals surface area (Å²) < 4.78 is 21.2. The first-order chi connectivity index (χ1) is 15.7. The second-order valence-corrected chi connectivity index (χ2v) is 8.98. The van der Waals surface area contributed by atoms with E-state index in [1.165, 1.54) is 12.1 Å². The zero-order chi connectivity index (χ0) is 23.9. The number of methoxy groups -OCH3 is 1. The zero-order valence-corrected chi connectivity index (χ0v) is 19.3. The molecule has 1 aliphatic rings. The van der Waals surface area contributed by atoms with Gasteiger partial charge in [-0.2, -0.15) is 0 Å². The molecular formula is C26H29FN2O4. The molecule has 0 aliphatic heterocycles. The number of aryl methyl sites for hydroxylation is 1. The van der Waals surface area contributed by atoms with Gasteiger partial charge < -0.3 is 19.7 Å². The Morgan fingerprint density at radius 3 is 2.61 bits per heavy atom. The molecule has 0 saturated heterocycles. The van der Waals surface area contributed by atoms with Crippen molar-refractivity contribution >= 4 is 28.3 Å². The van der Waals surface area contributed by atoms with Gasteiger partial charge in [-0.15, -0.1) is 0 Å². The minimum absolute atomic E-state index is 0.0743. The Labute approximate surface area is 192 Å². The number of halogens is 1. The number of nitrogens with zero attached hydrogens (tertiary/aromatic N) is 1. The number of aliphatic hydroxyl groups is 1. The van der Waals surface area contributed by atoms with Gasteiger partial charge in [0.05, 0.1) is 12.8 Å². The molecule has 1 aliphatic carbocycles. The largest absolute Gasteiger partial charge is 0.497 e. The van der Waals surface area contributed by atoms with Crippen molar-refractivity contribution in [3.8, 4) is 5.75 Å². The number of ketones is 1. The van der Waals surface area contributed by atoms with Crippen LogP contribution in [0.2, 0.25) is 0 Å². The quantitative estimate of drug-likeness (QED) is 0.571. The van der Waals surface area contributed by atoms with Crippen molar-refractivity contribution in [2.24, 2.45) is 13.0 Å². The average molecular weight is 453 g/mol. The third-order valence-corrected chi connectivity index (χ3v) is 6.83. The molecule has 3 aromatic rings. The molecule has 1 aromatic heterocycles. The molecule has 0 spiro atoms. The summed E-state index contributed by atoms with van der Waals surface area (Å²) in [6.07, 6.45) is 0.838. The van der Waals surface area contributed by atoms with Gasteiger partial charge in [0.1, 0.15) is 23.0 Å². The van der Waals surface area contributed by atoms with Crippen molar-refractivity contribution in [3.05, 3.63) is 59.5 Å². The fourth-order valence-electron chi connectivity index (χ4n) is 4.90. The molecule has 0 radical (unpaired) electrons. The van der Waals surface area contributed by atoms with E-state index >= 15 is 0 Å². The van der Waals surface area contributed by atoms with Crippen LogP contribution in [-0.4, -0.2) is 28.5 Å². The van der Waals surface area contributed by atoms with Crippen LogP contribution in [0.15, 0.2) is 42.5 Å². The summed E-state index contributed by atoms with van der Waals surface area (Å²) in [6.45, 7) is 3.57. The highest BCUT2D eigenvalue weighted by molar-refractivity contribution is 6.02. The third-order valence-electron chi connectivity index (χ3n) is 6.83. The van der Waals surface area contributed by atoms with E-state index in [1.807, 2.05) is 18.5 Å². The number of hydrogen-bond donors (Lipinski definition) is 2. The molecule has 4 rings (SSSR count).